The van der Waals surface area contributed by atoms with Crippen LogP contribution in [-0.2, 0) is 0 Å². The molecule has 0 saturated carbocycles. The molecule has 1 aliphatic carbocycles. The predicted molar refractivity (Wildman–Crippen MR) is 70.2 cm³/mol. The average molecular weight is 222 g/mol. The van der Waals surface area contributed by atoms with E-state index in [-0.39, 0.29) is 16.9 Å². The first-order valence-electron chi connectivity index (χ1n) is 6.22. The van der Waals surface area contributed by atoms with Crippen molar-refractivity contribution in [3.63, 3.8) is 0 Å². The first-order chi connectivity index (χ1) is 7.18. The summed E-state index contributed by atoms with van der Waals surface area (Å²) in [7, 11) is 0. The number of allylic oxidation sites excluding steroid dienone is 3. The maximum atomic E-state index is 9.67. The number of aliphatic hydroxyl groups excluding tert-OH is 1. The van der Waals surface area contributed by atoms with Crippen molar-refractivity contribution in [2.24, 2.45) is 16.7 Å². The van der Waals surface area contributed by atoms with E-state index >= 15 is 0 Å². The third kappa shape index (κ3) is 2.57. The normalized spacial score (nSPS) is 27.2. The first kappa shape index (κ1) is 13.5. The maximum absolute atomic E-state index is 9.67. The van der Waals surface area contributed by atoms with Gasteiger partial charge in [-0.3, -0.25) is 0 Å². The van der Waals surface area contributed by atoms with Crippen LogP contribution in [0.4, 0.5) is 0 Å². The van der Waals surface area contributed by atoms with Crippen molar-refractivity contribution in [3.8, 4) is 0 Å². The quantitative estimate of drug-likeness (QED) is 0.717. The van der Waals surface area contributed by atoms with Crippen LogP contribution in [0.1, 0.15) is 48.0 Å². The summed E-state index contributed by atoms with van der Waals surface area (Å²) in [6.45, 7) is 12.8. The molecule has 16 heavy (non-hydrogen) atoms. The molecule has 1 nitrogen and oxygen atoms in total. The van der Waals surface area contributed by atoms with Crippen LogP contribution in [0.2, 0.25) is 0 Å². The van der Waals surface area contributed by atoms with Crippen LogP contribution in [-0.4, -0.2) is 11.2 Å². The molecule has 0 spiro atoms. The second kappa shape index (κ2) is 4.37. The third-order valence-corrected chi connectivity index (χ3v) is 4.46. The van der Waals surface area contributed by atoms with Crippen LogP contribution >= 0.6 is 0 Å². The predicted octanol–water partition coefficient (Wildman–Crippen LogP) is 3.94. The van der Waals surface area contributed by atoms with E-state index in [1.54, 1.807) is 0 Å². The molecule has 0 aromatic carbocycles. The zero-order valence-electron chi connectivity index (χ0n) is 11.5. The van der Waals surface area contributed by atoms with E-state index < -0.39 is 0 Å². The summed E-state index contributed by atoms with van der Waals surface area (Å²) in [6, 6.07) is 0. The van der Waals surface area contributed by atoms with Crippen LogP contribution in [0.5, 0.6) is 0 Å². The molecular formula is C15H26O. The fourth-order valence-electron chi connectivity index (χ4n) is 1.98. The summed E-state index contributed by atoms with van der Waals surface area (Å²) < 4.78 is 0. The van der Waals surface area contributed by atoms with Crippen LogP contribution in [0.3, 0.4) is 0 Å². The van der Waals surface area contributed by atoms with E-state index in [0.29, 0.717) is 5.92 Å². The summed E-state index contributed by atoms with van der Waals surface area (Å²) in [5.41, 5.74) is 1.62. The maximum Gasteiger partial charge on any atom is 0.0597 e. The molecule has 0 aromatic heterocycles. The summed E-state index contributed by atoms with van der Waals surface area (Å²) in [5, 5.41) is 9.67. The van der Waals surface area contributed by atoms with Crippen molar-refractivity contribution in [2.45, 2.75) is 54.1 Å². The Morgan fingerprint density at radius 3 is 2.44 bits per heavy atom. The summed E-state index contributed by atoms with van der Waals surface area (Å²) in [4.78, 5) is 0. The zero-order chi connectivity index (χ0) is 12.6. The fourth-order valence-corrected chi connectivity index (χ4v) is 1.98. The van der Waals surface area contributed by atoms with Gasteiger partial charge in [0.15, 0.2) is 0 Å². The molecule has 1 aliphatic rings. The van der Waals surface area contributed by atoms with Crippen LogP contribution in [0.25, 0.3) is 0 Å². The molecule has 0 saturated heterocycles. The minimum Gasteiger partial charge on any atom is -0.393 e. The Balaban J connectivity index is 2.74. The van der Waals surface area contributed by atoms with Gasteiger partial charge < -0.3 is 5.11 Å². The SMILES string of the molecule is CC1=CC[C@H](/C=C/C(C)(C)[C@@H](C)O)C1(C)C. The Bertz CT molecular complexity index is 305. The van der Waals surface area contributed by atoms with Gasteiger partial charge in [-0.05, 0) is 31.6 Å². The summed E-state index contributed by atoms with van der Waals surface area (Å²) in [5.74, 6) is 0.575. The van der Waals surface area contributed by atoms with Crippen molar-refractivity contribution in [1.29, 1.82) is 0 Å². The van der Waals surface area contributed by atoms with Crippen LogP contribution in [0.15, 0.2) is 23.8 Å². The van der Waals surface area contributed by atoms with E-state index in [1.165, 1.54) is 5.57 Å². The van der Waals surface area contributed by atoms with Gasteiger partial charge in [-0.15, -0.1) is 0 Å². The van der Waals surface area contributed by atoms with Crippen molar-refractivity contribution in [3.05, 3.63) is 23.8 Å². The standard InChI is InChI=1S/C15H26O/c1-11-7-8-13(15(11,5)6)9-10-14(3,4)12(2)16/h7,9-10,12-13,16H,8H2,1-6H3/b10-9+/t12-,13-/m1/s1. The van der Waals surface area contributed by atoms with E-state index in [0.717, 1.165) is 6.42 Å². The highest BCUT2D eigenvalue weighted by Gasteiger charge is 2.33. The van der Waals surface area contributed by atoms with E-state index in [1.807, 2.05) is 6.92 Å². The highest BCUT2D eigenvalue weighted by Crippen LogP contribution is 2.44. The molecule has 92 valence electrons. The Morgan fingerprint density at radius 1 is 1.50 bits per heavy atom. The zero-order valence-corrected chi connectivity index (χ0v) is 11.5. The second-order valence-corrected chi connectivity index (χ2v) is 6.31. The molecule has 0 bridgehead atoms. The molecule has 0 aliphatic heterocycles. The average Bonchev–Trinajstić information content (AvgIpc) is 2.39. The number of aliphatic hydroxyl groups is 1. The summed E-state index contributed by atoms with van der Waals surface area (Å²) >= 11 is 0. The lowest BCUT2D eigenvalue weighted by molar-refractivity contribution is 0.0989. The monoisotopic (exact) mass is 222 g/mol. The fraction of sp³-hybridized carbons (Fsp3) is 0.733. The number of hydrogen-bond donors (Lipinski definition) is 1. The van der Waals surface area contributed by atoms with Gasteiger partial charge in [0.25, 0.3) is 0 Å². The van der Waals surface area contributed by atoms with Crippen LogP contribution < -0.4 is 0 Å². The van der Waals surface area contributed by atoms with E-state index in [2.05, 4.69) is 52.8 Å². The molecule has 0 fully saturated rings. The molecule has 0 aromatic rings. The number of hydrogen-bond acceptors (Lipinski definition) is 1. The first-order valence-corrected chi connectivity index (χ1v) is 6.22. The third-order valence-electron chi connectivity index (χ3n) is 4.46. The molecule has 0 radical (unpaired) electrons. The Kier molecular flexibility index (Phi) is 3.69. The van der Waals surface area contributed by atoms with Gasteiger partial charge >= 0.3 is 0 Å². The smallest absolute Gasteiger partial charge is 0.0597 e. The van der Waals surface area contributed by atoms with Gasteiger partial charge in [0, 0.05) is 5.41 Å². The van der Waals surface area contributed by atoms with E-state index in [9.17, 15) is 5.11 Å². The molecule has 0 heterocycles. The van der Waals surface area contributed by atoms with Crippen molar-refractivity contribution < 1.29 is 5.11 Å². The van der Waals surface area contributed by atoms with E-state index in [4.69, 9.17) is 0 Å². The lowest BCUT2D eigenvalue weighted by Crippen LogP contribution is -2.25. The Morgan fingerprint density at radius 2 is 2.06 bits per heavy atom. The Hall–Kier alpha value is -0.560. The van der Waals surface area contributed by atoms with Gasteiger partial charge in [0.2, 0.25) is 0 Å². The molecule has 1 heteroatoms. The van der Waals surface area contributed by atoms with Crippen molar-refractivity contribution in [2.75, 3.05) is 0 Å². The van der Waals surface area contributed by atoms with Crippen molar-refractivity contribution in [1.82, 2.24) is 0 Å². The molecule has 0 unspecified atom stereocenters. The second-order valence-electron chi connectivity index (χ2n) is 6.31. The van der Waals surface area contributed by atoms with Gasteiger partial charge in [0.05, 0.1) is 6.10 Å². The van der Waals surface area contributed by atoms with Crippen molar-refractivity contribution >= 4 is 0 Å². The minimum atomic E-state index is -0.303. The highest BCUT2D eigenvalue weighted by atomic mass is 16.3. The van der Waals surface area contributed by atoms with Gasteiger partial charge in [-0.1, -0.05) is 51.5 Å². The molecular weight excluding hydrogens is 196 g/mol. The molecule has 2 atom stereocenters. The van der Waals surface area contributed by atoms with Gasteiger partial charge in [-0.2, -0.15) is 0 Å². The van der Waals surface area contributed by atoms with Gasteiger partial charge in [-0.25, -0.2) is 0 Å². The molecule has 1 rings (SSSR count). The molecule has 1 N–H and O–H groups in total. The number of rotatable bonds is 3. The minimum absolute atomic E-state index is 0.132. The van der Waals surface area contributed by atoms with Gasteiger partial charge in [0.1, 0.15) is 0 Å². The Labute approximate surface area is 100 Å². The lowest BCUT2D eigenvalue weighted by atomic mass is 9.76. The summed E-state index contributed by atoms with van der Waals surface area (Å²) in [6.07, 6.45) is 7.63. The van der Waals surface area contributed by atoms with Crippen LogP contribution in [0, 0.1) is 16.7 Å². The lowest BCUT2D eigenvalue weighted by Gasteiger charge is -2.29. The molecule has 0 amide bonds. The topological polar surface area (TPSA) is 20.2 Å². The highest BCUT2D eigenvalue weighted by molar-refractivity contribution is 5.22. The largest absolute Gasteiger partial charge is 0.393 e.